The highest BCUT2D eigenvalue weighted by Crippen LogP contribution is 2.32. The molecular formula is C31H41F3N2O6. The molecule has 1 aromatic rings. The van der Waals surface area contributed by atoms with Gasteiger partial charge in [0.25, 0.3) is 5.56 Å². The zero-order valence-corrected chi connectivity index (χ0v) is 24.1. The molecule has 0 radical (unpaired) electrons. The first-order valence-electron chi connectivity index (χ1n) is 14.4. The number of aromatic nitrogens is 2. The fourth-order valence-electron chi connectivity index (χ4n) is 4.32. The van der Waals surface area contributed by atoms with Crippen LogP contribution in [-0.2, 0) is 25.2 Å². The predicted octanol–water partition coefficient (Wildman–Crippen LogP) is 5.99. The molecule has 1 aromatic heterocycles. The number of nitrogens with one attached hydrogen (secondary N) is 1. The number of carbonyl (C=O) groups excluding carboxylic acids is 1. The lowest BCUT2D eigenvalue weighted by Gasteiger charge is -2.18. The van der Waals surface area contributed by atoms with Crippen LogP contribution >= 0.6 is 0 Å². The first-order valence-corrected chi connectivity index (χ1v) is 14.4. The van der Waals surface area contributed by atoms with Gasteiger partial charge >= 0.3 is 17.8 Å². The number of hydrogen-bond donors (Lipinski definition) is 1. The molecule has 2 heterocycles. The molecule has 0 unspecified atom stereocenters. The third kappa shape index (κ3) is 12.7. The van der Waals surface area contributed by atoms with E-state index in [0.717, 1.165) is 32.1 Å². The maximum absolute atomic E-state index is 13.2. The molecule has 232 valence electrons. The smallest absolute Gasteiger partial charge is 0.423 e. The molecule has 0 bridgehead atoms. The maximum Gasteiger partial charge on any atom is 0.423 e. The van der Waals surface area contributed by atoms with Gasteiger partial charge in [-0.1, -0.05) is 62.1 Å². The molecule has 8 nitrogen and oxygen atoms in total. The van der Waals surface area contributed by atoms with E-state index in [1.54, 1.807) is 4.98 Å². The van der Waals surface area contributed by atoms with Gasteiger partial charge in [0.2, 0.25) is 0 Å². The minimum absolute atomic E-state index is 0.0373. The van der Waals surface area contributed by atoms with Crippen LogP contribution in [0.15, 0.2) is 52.2 Å². The van der Waals surface area contributed by atoms with Gasteiger partial charge < -0.3 is 14.2 Å². The Morgan fingerprint density at radius 3 is 2.36 bits per heavy atom. The standard InChI is InChI=1S/C31H41F3N2O6/c1-3-5-6-7-8-9-10-11-12-13-14-15-16-17-18-19-28(37)41-23-26-25(40-20-4-2)21-27(42-26)36-22-24(31(32,33)34)29(38)35-30(36)39/h2,8-9,11-12,14-15,22,25-27H,3,5-7,10,13,16-21,23H2,1H3,(H,35,38,39)/t25-,26+,27+/m0/s1. The molecule has 2 rings (SSSR count). The molecule has 0 spiro atoms. The van der Waals surface area contributed by atoms with E-state index in [2.05, 4.69) is 49.3 Å². The average Bonchev–Trinajstić information content (AvgIpc) is 3.34. The molecule has 1 fully saturated rings. The number of aromatic amines is 1. The highest BCUT2D eigenvalue weighted by Gasteiger charge is 2.40. The van der Waals surface area contributed by atoms with Crippen LogP contribution in [0.3, 0.4) is 0 Å². The van der Waals surface area contributed by atoms with Crippen LogP contribution in [0.4, 0.5) is 13.2 Å². The second-order valence-corrected chi connectivity index (χ2v) is 9.94. The van der Waals surface area contributed by atoms with Crippen molar-refractivity contribution in [1.82, 2.24) is 9.55 Å². The number of unbranched alkanes of at least 4 members (excludes halogenated alkanes) is 5. The van der Waals surface area contributed by atoms with Gasteiger partial charge in [0, 0.05) is 19.0 Å². The summed E-state index contributed by atoms with van der Waals surface area (Å²) in [6, 6.07) is 0. The lowest BCUT2D eigenvalue weighted by atomic mass is 10.1. The van der Waals surface area contributed by atoms with E-state index in [9.17, 15) is 27.6 Å². The van der Waals surface area contributed by atoms with Gasteiger partial charge in [0.05, 0.1) is 6.10 Å². The molecule has 11 heteroatoms. The molecular weight excluding hydrogens is 553 g/mol. The van der Waals surface area contributed by atoms with Gasteiger partial charge in [0.15, 0.2) is 0 Å². The largest absolute Gasteiger partial charge is 0.463 e. The first-order chi connectivity index (χ1) is 20.2. The van der Waals surface area contributed by atoms with Crippen molar-refractivity contribution in [2.24, 2.45) is 0 Å². The van der Waals surface area contributed by atoms with E-state index < -0.39 is 47.4 Å². The van der Waals surface area contributed by atoms with E-state index in [4.69, 9.17) is 20.6 Å². The maximum atomic E-state index is 13.2. The van der Waals surface area contributed by atoms with Crippen LogP contribution in [0.2, 0.25) is 0 Å². The second kappa shape index (κ2) is 18.9. The lowest BCUT2D eigenvalue weighted by Crippen LogP contribution is -2.36. The molecule has 1 aliphatic heterocycles. The summed E-state index contributed by atoms with van der Waals surface area (Å²) in [5, 5.41) is 0. The zero-order valence-electron chi connectivity index (χ0n) is 24.1. The van der Waals surface area contributed by atoms with Crippen LogP contribution in [0.1, 0.15) is 89.3 Å². The normalized spacial score (nSPS) is 19.3. The highest BCUT2D eigenvalue weighted by atomic mass is 19.4. The van der Waals surface area contributed by atoms with E-state index in [1.807, 2.05) is 0 Å². The van der Waals surface area contributed by atoms with Gasteiger partial charge in [-0.05, 0) is 44.9 Å². The quantitative estimate of drug-likeness (QED) is 0.0970. The lowest BCUT2D eigenvalue weighted by molar-refractivity contribution is -0.151. The molecule has 1 saturated heterocycles. The Bertz CT molecular complexity index is 1210. The zero-order chi connectivity index (χ0) is 30.8. The minimum atomic E-state index is -4.96. The Morgan fingerprint density at radius 2 is 1.74 bits per heavy atom. The molecule has 0 aromatic carbocycles. The molecule has 0 amide bonds. The average molecular weight is 595 g/mol. The number of rotatable bonds is 18. The fraction of sp³-hybridized carbons (Fsp3) is 0.581. The van der Waals surface area contributed by atoms with Crippen molar-refractivity contribution < 1.29 is 32.2 Å². The third-order valence-corrected chi connectivity index (χ3v) is 6.57. The van der Waals surface area contributed by atoms with Crippen molar-refractivity contribution in [3.8, 4) is 12.3 Å². The summed E-state index contributed by atoms with van der Waals surface area (Å²) in [5.74, 6) is 1.84. The van der Waals surface area contributed by atoms with Gasteiger partial charge in [-0.3, -0.25) is 19.1 Å². The number of ether oxygens (including phenoxy) is 3. The summed E-state index contributed by atoms with van der Waals surface area (Å²) in [4.78, 5) is 37.7. The SMILES string of the molecule is C#CCO[C@H]1C[C@H](n2cc(C(F)(F)F)c(=O)[nH]c2=O)O[C@@H]1COC(=O)CCCCC=CCC=CCC=CCCCCC. The number of nitrogens with zero attached hydrogens (tertiary/aromatic N) is 1. The Balaban J connectivity index is 1.74. The topological polar surface area (TPSA) is 99.6 Å². The molecule has 42 heavy (non-hydrogen) atoms. The molecule has 1 aliphatic rings. The number of allylic oxidation sites excluding steroid dienone is 6. The number of alkyl halides is 3. The van der Waals surface area contributed by atoms with E-state index in [0.29, 0.717) is 17.2 Å². The molecule has 3 atom stereocenters. The van der Waals surface area contributed by atoms with E-state index >= 15 is 0 Å². The third-order valence-electron chi connectivity index (χ3n) is 6.57. The highest BCUT2D eigenvalue weighted by molar-refractivity contribution is 5.69. The van der Waals surface area contributed by atoms with Crippen molar-refractivity contribution in [3.05, 3.63) is 69.1 Å². The Morgan fingerprint density at radius 1 is 1.10 bits per heavy atom. The summed E-state index contributed by atoms with van der Waals surface area (Å²) in [5.41, 5.74) is -4.15. The van der Waals surface area contributed by atoms with Crippen molar-refractivity contribution >= 4 is 5.97 Å². The first kappa shape index (κ1) is 34.8. The summed E-state index contributed by atoms with van der Waals surface area (Å²) < 4.78 is 56.7. The van der Waals surface area contributed by atoms with Crippen molar-refractivity contribution in [3.63, 3.8) is 0 Å². The summed E-state index contributed by atoms with van der Waals surface area (Å²) >= 11 is 0. The molecule has 1 N–H and O–H groups in total. The minimum Gasteiger partial charge on any atom is -0.463 e. The molecule has 0 aliphatic carbocycles. The van der Waals surface area contributed by atoms with Gasteiger partial charge in [-0.25, -0.2) is 4.79 Å². The Labute approximate surface area is 244 Å². The predicted molar refractivity (Wildman–Crippen MR) is 154 cm³/mol. The summed E-state index contributed by atoms with van der Waals surface area (Å²) in [6.45, 7) is 1.86. The molecule has 0 saturated carbocycles. The van der Waals surface area contributed by atoms with Crippen molar-refractivity contribution in [2.45, 2.75) is 102 Å². The summed E-state index contributed by atoms with van der Waals surface area (Å²) in [7, 11) is 0. The van der Waals surface area contributed by atoms with E-state index in [1.165, 1.54) is 19.3 Å². The number of terminal acetylenes is 1. The summed E-state index contributed by atoms with van der Waals surface area (Å²) in [6.07, 6.45) is 19.9. The number of esters is 1. The van der Waals surface area contributed by atoms with Crippen LogP contribution in [0.5, 0.6) is 0 Å². The number of halogens is 3. The number of hydrogen-bond acceptors (Lipinski definition) is 6. The van der Waals surface area contributed by atoms with E-state index in [-0.39, 0.29) is 26.1 Å². The fourth-order valence-corrected chi connectivity index (χ4v) is 4.32. The van der Waals surface area contributed by atoms with Gasteiger partial charge in [0.1, 0.15) is 31.1 Å². The van der Waals surface area contributed by atoms with Crippen LogP contribution in [-0.4, -0.2) is 40.9 Å². The Hall–Kier alpha value is -3.36. The van der Waals surface area contributed by atoms with Gasteiger partial charge in [-0.15, -0.1) is 6.42 Å². The van der Waals surface area contributed by atoms with Crippen molar-refractivity contribution in [1.29, 1.82) is 0 Å². The van der Waals surface area contributed by atoms with Crippen LogP contribution < -0.4 is 11.2 Å². The Kier molecular flexibility index (Phi) is 15.7. The van der Waals surface area contributed by atoms with Crippen LogP contribution in [0, 0.1) is 12.3 Å². The van der Waals surface area contributed by atoms with Crippen LogP contribution in [0.25, 0.3) is 0 Å². The van der Waals surface area contributed by atoms with Crippen molar-refractivity contribution in [2.75, 3.05) is 13.2 Å². The second-order valence-electron chi connectivity index (χ2n) is 9.94. The number of H-pyrrole nitrogens is 1. The number of carbonyl (C=O) groups is 1. The van der Waals surface area contributed by atoms with Gasteiger partial charge in [-0.2, -0.15) is 13.2 Å². The monoisotopic (exact) mass is 594 g/mol.